The minimum absolute atomic E-state index is 0.214. The van der Waals surface area contributed by atoms with E-state index in [0.29, 0.717) is 30.8 Å². The van der Waals surface area contributed by atoms with Gasteiger partial charge in [-0.3, -0.25) is 4.79 Å². The number of sulfonamides is 1. The summed E-state index contributed by atoms with van der Waals surface area (Å²) in [5.74, 6) is 0.214. The zero-order valence-corrected chi connectivity index (χ0v) is 16.3. The summed E-state index contributed by atoms with van der Waals surface area (Å²) in [5, 5.41) is 0. The molecule has 0 saturated carbocycles. The van der Waals surface area contributed by atoms with Gasteiger partial charge in [0, 0.05) is 32.6 Å². The molecular formula is C20H30N2O3S. The number of hydrogen-bond donors (Lipinski definition) is 0. The van der Waals surface area contributed by atoms with Crippen LogP contribution in [0.4, 0.5) is 0 Å². The number of amides is 1. The van der Waals surface area contributed by atoms with Crippen molar-refractivity contribution in [3.63, 3.8) is 0 Å². The third-order valence-corrected chi connectivity index (χ3v) is 7.38. The number of piperidine rings is 1. The Labute approximate surface area is 157 Å². The highest BCUT2D eigenvalue weighted by Crippen LogP contribution is 2.21. The van der Waals surface area contributed by atoms with Gasteiger partial charge in [-0.15, -0.1) is 0 Å². The molecule has 2 aliphatic rings. The number of nitrogens with zero attached hydrogens (tertiary/aromatic N) is 2. The topological polar surface area (TPSA) is 57.7 Å². The number of aryl methyl sites for hydroxylation is 1. The third kappa shape index (κ3) is 4.86. The number of carbonyl (C=O) groups is 1. The van der Waals surface area contributed by atoms with Crippen LogP contribution in [0.15, 0.2) is 29.2 Å². The van der Waals surface area contributed by atoms with Crippen molar-refractivity contribution in [3.8, 4) is 0 Å². The van der Waals surface area contributed by atoms with E-state index < -0.39 is 10.0 Å². The predicted octanol–water partition coefficient (Wildman–Crippen LogP) is 3.20. The van der Waals surface area contributed by atoms with Gasteiger partial charge >= 0.3 is 0 Å². The molecule has 3 rings (SSSR count). The Balaban J connectivity index is 1.58. The standard InChI is InChI=1S/C20H30N2O3S/c23-20(21-14-4-3-5-15-21)13-10-18-8-11-19(12-9-18)26(24,25)22-16-6-1-2-7-17-22/h8-9,11-12H,1-7,10,13-17H2. The van der Waals surface area contributed by atoms with E-state index in [2.05, 4.69) is 0 Å². The first kappa shape index (κ1) is 19.4. The molecule has 2 fully saturated rings. The molecule has 0 atom stereocenters. The second kappa shape index (κ2) is 9.00. The smallest absolute Gasteiger partial charge is 0.243 e. The van der Waals surface area contributed by atoms with E-state index in [1.165, 1.54) is 6.42 Å². The zero-order valence-electron chi connectivity index (χ0n) is 15.5. The van der Waals surface area contributed by atoms with Gasteiger partial charge in [-0.25, -0.2) is 8.42 Å². The second-order valence-corrected chi connectivity index (χ2v) is 9.34. The van der Waals surface area contributed by atoms with Crippen molar-refractivity contribution in [3.05, 3.63) is 29.8 Å². The summed E-state index contributed by atoms with van der Waals surface area (Å²) < 4.78 is 27.2. The third-order valence-electron chi connectivity index (χ3n) is 5.46. The average molecular weight is 379 g/mol. The fourth-order valence-corrected chi connectivity index (χ4v) is 5.33. The van der Waals surface area contributed by atoms with Crippen molar-refractivity contribution < 1.29 is 13.2 Å². The Morgan fingerprint density at radius 1 is 0.808 bits per heavy atom. The molecule has 0 aromatic heterocycles. The van der Waals surface area contributed by atoms with Crippen LogP contribution in [-0.4, -0.2) is 49.7 Å². The van der Waals surface area contributed by atoms with Gasteiger partial charge in [-0.2, -0.15) is 4.31 Å². The van der Waals surface area contributed by atoms with Crippen LogP contribution >= 0.6 is 0 Å². The number of benzene rings is 1. The first-order valence-electron chi connectivity index (χ1n) is 9.94. The Morgan fingerprint density at radius 3 is 1.96 bits per heavy atom. The highest BCUT2D eigenvalue weighted by molar-refractivity contribution is 7.89. The van der Waals surface area contributed by atoms with Crippen molar-refractivity contribution in [2.24, 2.45) is 0 Å². The van der Waals surface area contributed by atoms with Crippen LogP contribution in [0, 0.1) is 0 Å². The molecule has 0 N–H and O–H groups in total. The van der Waals surface area contributed by atoms with E-state index in [1.54, 1.807) is 16.4 Å². The summed E-state index contributed by atoms with van der Waals surface area (Å²) in [5.41, 5.74) is 1.02. The van der Waals surface area contributed by atoms with Crippen LogP contribution < -0.4 is 0 Å². The average Bonchev–Trinajstić information content (AvgIpc) is 2.97. The van der Waals surface area contributed by atoms with Gasteiger partial charge in [0.25, 0.3) is 0 Å². The molecule has 5 nitrogen and oxygen atoms in total. The van der Waals surface area contributed by atoms with Gasteiger partial charge in [0.2, 0.25) is 15.9 Å². The molecule has 1 amide bonds. The first-order valence-corrected chi connectivity index (χ1v) is 11.4. The van der Waals surface area contributed by atoms with E-state index >= 15 is 0 Å². The monoisotopic (exact) mass is 378 g/mol. The van der Waals surface area contributed by atoms with Crippen molar-refractivity contribution in [1.82, 2.24) is 9.21 Å². The van der Waals surface area contributed by atoms with Crippen LogP contribution in [-0.2, 0) is 21.2 Å². The largest absolute Gasteiger partial charge is 0.343 e. The van der Waals surface area contributed by atoms with E-state index in [4.69, 9.17) is 0 Å². The lowest BCUT2D eigenvalue weighted by Crippen LogP contribution is -2.35. The highest BCUT2D eigenvalue weighted by Gasteiger charge is 2.25. The van der Waals surface area contributed by atoms with Gasteiger partial charge in [0.05, 0.1) is 4.90 Å². The molecular weight excluding hydrogens is 348 g/mol. The summed E-state index contributed by atoms with van der Waals surface area (Å²) in [6.45, 7) is 3.00. The Kier molecular flexibility index (Phi) is 6.70. The van der Waals surface area contributed by atoms with E-state index in [1.807, 2.05) is 17.0 Å². The fraction of sp³-hybridized carbons (Fsp3) is 0.650. The Hall–Kier alpha value is -1.40. The number of likely N-dealkylation sites (tertiary alicyclic amines) is 1. The number of hydrogen-bond acceptors (Lipinski definition) is 3. The Bertz CT molecular complexity index is 686. The summed E-state index contributed by atoms with van der Waals surface area (Å²) in [6.07, 6.45) is 8.69. The summed E-state index contributed by atoms with van der Waals surface area (Å²) in [7, 11) is -3.39. The van der Waals surface area contributed by atoms with Crippen molar-refractivity contribution in [2.45, 2.75) is 62.7 Å². The molecule has 0 bridgehead atoms. The predicted molar refractivity (Wildman–Crippen MR) is 102 cm³/mol. The van der Waals surface area contributed by atoms with E-state index in [9.17, 15) is 13.2 Å². The van der Waals surface area contributed by atoms with Crippen LogP contribution in [0.1, 0.15) is 56.9 Å². The van der Waals surface area contributed by atoms with Crippen molar-refractivity contribution in [2.75, 3.05) is 26.2 Å². The summed E-state index contributed by atoms with van der Waals surface area (Å²) >= 11 is 0. The molecule has 0 spiro atoms. The van der Waals surface area contributed by atoms with Gasteiger partial charge < -0.3 is 4.90 Å². The lowest BCUT2D eigenvalue weighted by molar-refractivity contribution is -0.132. The van der Waals surface area contributed by atoms with Gasteiger partial charge in [-0.1, -0.05) is 25.0 Å². The lowest BCUT2D eigenvalue weighted by Gasteiger charge is -2.26. The molecule has 144 valence electrons. The minimum atomic E-state index is -3.39. The second-order valence-electron chi connectivity index (χ2n) is 7.40. The molecule has 2 aliphatic heterocycles. The molecule has 2 saturated heterocycles. The quantitative estimate of drug-likeness (QED) is 0.791. The van der Waals surface area contributed by atoms with E-state index in [0.717, 1.165) is 57.2 Å². The molecule has 2 heterocycles. The summed E-state index contributed by atoms with van der Waals surface area (Å²) in [4.78, 5) is 14.6. The molecule has 0 aliphatic carbocycles. The molecule has 1 aromatic carbocycles. The van der Waals surface area contributed by atoms with Gasteiger partial charge in [0.1, 0.15) is 0 Å². The van der Waals surface area contributed by atoms with Gasteiger partial charge in [-0.05, 0) is 56.2 Å². The molecule has 1 aromatic rings. The number of carbonyl (C=O) groups excluding carboxylic acids is 1. The van der Waals surface area contributed by atoms with E-state index in [-0.39, 0.29) is 5.91 Å². The van der Waals surface area contributed by atoms with Crippen molar-refractivity contribution in [1.29, 1.82) is 0 Å². The van der Waals surface area contributed by atoms with Gasteiger partial charge in [0.15, 0.2) is 0 Å². The first-order chi connectivity index (χ1) is 12.6. The molecule has 6 heteroatoms. The summed E-state index contributed by atoms with van der Waals surface area (Å²) in [6, 6.07) is 7.10. The van der Waals surface area contributed by atoms with Crippen LogP contribution in [0.25, 0.3) is 0 Å². The normalized spacial score (nSPS) is 19.9. The maximum atomic E-state index is 12.8. The van der Waals surface area contributed by atoms with Crippen LogP contribution in [0.2, 0.25) is 0 Å². The Morgan fingerprint density at radius 2 is 1.35 bits per heavy atom. The highest BCUT2D eigenvalue weighted by atomic mass is 32.2. The number of rotatable bonds is 5. The lowest BCUT2D eigenvalue weighted by atomic mass is 10.1. The van der Waals surface area contributed by atoms with Crippen molar-refractivity contribution >= 4 is 15.9 Å². The molecule has 26 heavy (non-hydrogen) atoms. The minimum Gasteiger partial charge on any atom is -0.343 e. The molecule has 0 radical (unpaired) electrons. The maximum Gasteiger partial charge on any atom is 0.243 e. The molecule has 0 unspecified atom stereocenters. The zero-order chi connectivity index (χ0) is 18.4. The van der Waals surface area contributed by atoms with Crippen LogP contribution in [0.5, 0.6) is 0 Å². The maximum absolute atomic E-state index is 12.8. The van der Waals surface area contributed by atoms with Crippen LogP contribution in [0.3, 0.4) is 0 Å². The SMILES string of the molecule is O=C(CCc1ccc(S(=O)(=O)N2CCCCCC2)cc1)N1CCCCC1. The fourth-order valence-electron chi connectivity index (χ4n) is 3.81.